The summed E-state index contributed by atoms with van der Waals surface area (Å²) in [5.74, 6) is -2.10. The minimum atomic E-state index is -3.32. The van der Waals surface area contributed by atoms with Crippen LogP contribution < -0.4 is 0 Å². The molecule has 140 valence electrons. The lowest BCUT2D eigenvalue weighted by Gasteiger charge is -2.06. The number of sulfone groups is 1. The highest BCUT2D eigenvalue weighted by Gasteiger charge is 2.20. The maximum absolute atomic E-state index is 13.3. The van der Waals surface area contributed by atoms with Crippen molar-refractivity contribution in [1.29, 1.82) is 0 Å². The highest BCUT2D eigenvalue weighted by molar-refractivity contribution is 7.90. The van der Waals surface area contributed by atoms with Gasteiger partial charge in [0.05, 0.1) is 16.5 Å². The van der Waals surface area contributed by atoms with Crippen LogP contribution in [0.3, 0.4) is 0 Å². The number of benzene rings is 2. The highest BCUT2D eigenvalue weighted by atomic mass is 32.2. The van der Waals surface area contributed by atoms with Crippen molar-refractivity contribution < 1.29 is 22.7 Å². The van der Waals surface area contributed by atoms with Crippen molar-refractivity contribution in [3.8, 4) is 22.4 Å². The molecule has 0 aliphatic rings. The first kappa shape index (κ1) is 18.8. The Balaban J connectivity index is 2.15. The zero-order chi connectivity index (χ0) is 19.8. The van der Waals surface area contributed by atoms with Gasteiger partial charge in [0.25, 0.3) is 0 Å². The Bertz CT molecular complexity index is 1080. The largest absolute Gasteiger partial charge is 0.481 e. The molecule has 5 nitrogen and oxygen atoms in total. The Morgan fingerprint density at radius 2 is 1.59 bits per heavy atom. The molecule has 0 saturated heterocycles. The molecule has 0 amide bonds. The van der Waals surface area contributed by atoms with Crippen LogP contribution in [0.15, 0.2) is 59.5 Å². The van der Waals surface area contributed by atoms with E-state index in [0.29, 0.717) is 22.5 Å². The van der Waals surface area contributed by atoms with Gasteiger partial charge in [-0.1, -0.05) is 24.3 Å². The Labute approximate surface area is 156 Å². The SMILES string of the molecule is CC(C(=O)O)c1cc(-c2ccc(F)cc2)c(-c2ccc(S(C)(=O)=O)cc2)[nH]1. The molecule has 3 rings (SSSR count). The van der Waals surface area contributed by atoms with E-state index in [4.69, 9.17) is 0 Å². The van der Waals surface area contributed by atoms with Crippen LogP contribution in [0.1, 0.15) is 18.5 Å². The van der Waals surface area contributed by atoms with Crippen LogP contribution in [0.5, 0.6) is 0 Å². The third-order valence-electron chi connectivity index (χ3n) is 4.40. The fourth-order valence-electron chi connectivity index (χ4n) is 2.80. The van der Waals surface area contributed by atoms with Crippen LogP contribution in [-0.4, -0.2) is 30.7 Å². The number of carbonyl (C=O) groups is 1. The summed E-state index contributed by atoms with van der Waals surface area (Å²) in [5.41, 5.74) is 3.28. The summed E-state index contributed by atoms with van der Waals surface area (Å²) in [4.78, 5) is 14.7. The summed E-state index contributed by atoms with van der Waals surface area (Å²) in [6, 6.07) is 13.9. The first-order valence-electron chi connectivity index (χ1n) is 8.19. The highest BCUT2D eigenvalue weighted by Crippen LogP contribution is 2.35. The summed E-state index contributed by atoms with van der Waals surface area (Å²) in [6.07, 6.45) is 1.13. The summed E-state index contributed by atoms with van der Waals surface area (Å²) in [5, 5.41) is 9.30. The molecule has 2 aromatic carbocycles. The molecule has 1 heterocycles. The summed E-state index contributed by atoms with van der Waals surface area (Å²) >= 11 is 0. The Kier molecular flexibility index (Phi) is 4.89. The van der Waals surface area contributed by atoms with Gasteiger partial charge in [-0.3, -0.25) is 4.79 Å². The first-order chi connectivity index (χ1) is 12.7. The monoisotopic (exact) mass is 387 g/mol. The van der Waals surface area contributed by atoms with E-state index in [9.17, 15) is 22.7 Å². The summed E-state index contributed by atoms with van der Waals surface area (Å²) < 4.78 is 36.6. The molecule has 0 aliphatic carbocycles. The lowest BCUT2D eigenvalue weighted by atomic mass is 10.0. The molecule has 1 atom stereocenters. The third-order valence-corrected chi connectivity index (χ3v) is 5.53. The van der Waals surface area contributed by atoms with Gasteiger partial charge in [0, 0.05) is 17.5 Å². The number of halogens is 1. The first-order valence-corrected chi connectivity index (χ1v) is 10.1. The molecule has 2 N–H and O–H groups in total. The van der Waals surface area contributed by atoms with Gasteiger partial charge in [-0.15, -0.1) is 0 Å². The minimum Gasteiger partial charge on any atom is -0.481 e. The second kappa shape index (κ2) is 7.00. The van der Waals surface area contributed by atoms with E-state index in [-0.39, 0.29) is 10.7 Å². The Hall–Kier alpha value is -2.93. The fourth-order valence-corrected chi connectivity index (χ4v) is 3.43. The normalized spacial score (nSPS) is 12.7. The van der Waals surface area contributed by atoms with Crippen molar-refractivity contribution in [3.63, 3.8) is 0 Å². The summed E-state index contributed by atoms with van der Waals surface area (Å²) in [6.45, 7) is 1.57. The second-order valence-electron chi connectivity index (χ2n) is 6.38. The van der Waals surface area contributed by atoms with Crippen molar-refractivity contribution in [2.75, 3.05) is 6.26 Å². The van der Waals surface area contributed by atoms with Crippen LogP contribution >= 0.6 is 0 Å². The number of aromatic amines is 1. The van der Waals surface area contributed by atoms with Gasteiger partial charge in [-0.2, -0.15) is 0 Å². The molecule has 0 radical (unpaired) electrons. The van der Waals surface area contributed by atoms with Gasteiger partial charge in [0.15, 0.2) is 9.84 Å². The van der Waals surface area contributed by atoms with Crippen LogP contribution in [0.25, 0.3) is 22.4 Å². The number of aromatic nitrogens is 1. The topological polar surface area (TPSA) is 87.2 Å². The molecule has 3 aromatic rings. The zero-order valence-electron chi connectivity index (χ0n) is 14.7. The standard InChI is InChI=1S/C20H18FNO4S/c1-12(20(23)24)18-11-17(13-3-7-15(21)8-4-13)19(22-18)14-5-9-16(10-6-14)27(2,25)26/h3-12,22H,1-2H3,(H,23,24). The number of hydrogen-bond donors (Lipinski definition) is 2. The van der Waals surface area contributed by atoms with Crippen molar-refractivity contribution in [1.82, 2.24) is 4.98 Å². The number of nitrogens with one attached hydrogen (secondary N) is 1. The molecule has 27 heavy (non-hydrogen) atoms. The van der Waals surface area contributed by atoms with E-state index in [1.165, 1.54) is 24.3 Å². The van der Waals surface area contributed by atoms with E-state index < -0.39 is 21.7 Å². The van der Waals surface area contributed by atoms with Crippen LogP contribution in [0, 0.1) is 5.82 Å². The van der Waals surface area contributed by atoms with Gasteiger partial charge >= 0.3 is 5.97 Å². The third kappa shape index (κ3) is 3.93. The van der Waals surface area contributed by atoms with E-state index in [2.05, 4.69) is 4.98 Å². The smallest absolute Gasteiger partial charge is 0.312 e. The number of aliphatic carboxylic acids is 1. The van der Waals surface area contributed by atoms with Crippen molar-refractivity contribution in [3.05, 3.63) is 66.1 Å². The van der Waals surface area contributed by atoms with Crippen molar-refractivity contribution >= 4 is 15.8 Å². The molecule has 0 fully saturated rings. The molecule has 1 aromatic heterocycles. The number of H-pyrrole nitrogens is 1. The van der Waals surface area contributed by atoms with Gasteiger partial charge in [0.1, 0.15) is 5.82 Å². The van der Waals surface area contributed by atoms with E-state index in [0.717, 1.165) is 11.8 Å². The zero-order valence-corrected chi connectivity index (χ0v) is 15.5. The lowest BCUT2D eigenvalue weighted by molar-refractivity contribution is -0.138. The average molecular weight is 387 g/mol. The number of carboxylic acid groups (broad SMARTS) is 1. The fraction of sp³-hybridized carbons (Fsp3) is 0.150. The molecule has 1 unspecified atom stereocenters. The number of rotatable bonds is 5. The molecular formula is C20H18FNO4S. The van der Waals surface area contributed by atoms with Gasteiger partial charge in [-0.25, -0.2) is 12.8 Å². The summed E-state index contributed by atoms with van der Waals surface area (Å²) in [7, 11) is -3.32. The maximum atomic E-state index is 13.3. The van der Waals surface area contributed by atoms with E-state index >= 15 is 0 Å². The number of carboxylic acids is 1. The predicted octanol–water partition coefficient (Wildman–Crippen LogP) is 4.08. The molecule has 0 bridgehead atoms. The van der Waals surface area contributed by atoms with Crippen LogP contribution in [-0.2, 0) is 14.6 Å². The Morgan fingerprint density at radius 1 is 1.04 bits per heavy atom. The number of hydrogen-bond acceptors (Lipinski definition) is 3. The molecule has 0 aliphatic heterocycles. The minimum absolute atomic E-state index is 0.195. The molecule has 0 spiro atoms. The second-order valence-corrected chi connectivity index (χ2v) is 8.39. The molecule has 0 saturated carbocycles. The van der Waals surface area contributed by atoms with Crippen molar-refractivity contribution in [2.45, 2.75) is 17.7 Å². The quantitative estimate of drug-likeness (QED) is 0.691. The van der Waals surface area contributed by atoms with Gasteiger partial charge < -0.3 is 10.1 Å². The molecular weight excluding hydrogens is 369 g/mol. The van der Waals surface area contributed by atoms with E-state index in [1.807, 2.05) is 0 Å². The van der Waals surface area contributed by atoms with E-state index in [1.54, 1.807) is 37.3 Å². The van der Waals surface area contributed by atoms with Crippen LogP contribution in [0.4, 0.5) is 4.39 Å². The maximum Gasteiger partial charge on any atom is 0.312 e. The average Bonchev–Trinajstić information content (AvgIpc) is 3.06. The van der Waals surface area contributed by atoms with Crippen LogP contribution in [0.2, 0.25) is 0 Å². The van der Waals surface area contributed by atoms with Gasteiger partial charge in [0.2, 0.25) is 0 Å². The predicted molar refractivity (Wildman–Crippen MR) is 101 cm³/mol. The van der Waals surface area contributed by atoms with Crippen molar-refractivity contribution in [2.24, 2.45) is 0 Å². The Morgan fingerprint density at radius 3 is 2.11 bits per heavy atom. The lowest BCUT2D eigenvalue weighted by Crippen LogP contribution is -2.07. The van der Waals surface area contributed by atoms with Gasteiger partial charge in [-0.05, 0) is 48.4 Å². The molecule has 7 heteroatoms.